The number of carbonyl (C=O) groups excluding carboxylic acids is 1. The lowest BCUT2D eigenvalue weighted by Gasteiger charge is -2.09. The summed E-state index contributed by atoms with van der Waals surface area (Å²) in [6.07, 6.45) is 0. The van der Waals surface area contributed by atoms with Crippen molar-refractivity contribution in [1.82, 2.24) is 4.98 Å². The molecule has 21 heavy (non-hydrogen) atoms. The van der Waals surface area contributed by atoms with Gasteiger partial charge in [0, 0.05) is 6.07 Å². The Morgan fingerprint density at radius 1 is 1.29 bits per heavy atom. The number of nitro benzene ring substituents is 1. The van der Waals surface area contributed by atoms with Gasteiger partial charge in [0.2, 0.25) is 0 Å². The number of carbonyl (C=O) groups is 1. The van der Waals surface area contributed by atoms with Crippen LogP contribution in [0, 0.1) is 24.0 Å². The van der Waals surface area contributed by atoms with Crippen LogP contribution in [0.3, 0.4) is 0 Å². The first-order valence-electron chi connectivity index (χ1n) is 6.08. The fraction of sp³-hybridized carbons (Fsp3) is 0.143. The number of hydrogen-bond acceptors (Lipinski definition) is 4. The van der Waals surface area contributed by atoms with E-state index in [9.17, 15) is 14.9 Å². The highest BCUT2D eigenvalue weighted by Crippen LogP contribution is 2.22. The molecule has 0 saturated heterocycles. The Morgan fingerprint density at radius 2 is 2.00 bits per heavy atom. The predicted molar refractivity (Wildman–Crippen MR) is 82.5 cm³/mol. The molecule has 0 aliphatic carbocycles. The summed E-state index contributed by atoms with van der Waals surface area (Å²) in [5.41, 5.74) is 1.71. The fourth-order valence-electron chi connectivity index (χ4n) is 1.84. The molecule has 1 aromatic carbocycles. The molecular formula is C14H12BrN3O3. The van der Waals surface area contributed by atoms with Crippen molar-refractivity contribution in [2.24, 2.45) is 0 Å². The number of nitrogens with zero attached hydrogens (tertiary/aromatic N) is 2. The van der Waals surface area contributed by atoms with Gasteiger partial charge in [-0.3, -0.25) is 14.9 Å². The molecule has 0 unspecified atom stereocenters. The van der Waals surface area contributed by atoms with Crippen molar-refractivity contribution < 1.29 is 9.72 Å². The molecule has 0 aliphatic rings. The number of benzene rings is 1. The molecular weight excluding hydrogens is 338 g/mol. The smallest absolute Gasteiger partial charge is 0.282 e. The molecule has 0 radical (unpaired) electrons. The van der Waals surface area contributed by atoms with E-state index < -0.39 is 10.8 Å². The van der Waals surface area contributed by atoms with Gasteiger partial charge in [-0.25, -0.2) is 4.98 Å². The van der Waals surface area contributed by atoms with Crippen LogP contribution in [0.5, 0.6) is 0 Å². The van der Waals surface area contributed by atoms with Crippen LogP contribution in [0.2, 0.25) is 0 Å². The summed E-state index contributed by atoms with van der Waals surface area (Å²) >= 11 is 3.23. The Hall–Kier alpha value is -2.28. The minimum absolute atomic E-state index is 0.0299. The van der Waals surface area contributed by atoms with E-state index in [0.717, 1.165) is 5.56 Å². The van der Waals surface area contributed by atoms with Gasteiger partial charge >= 0.3 is 0 Å². The van der Waals surface area contributed by atoms with Gasteiger partial charge in [0.05, 0.1) is 16.3 Å². The van der Waals surface area contributed by atoms with E-state index in [-0.39, 0.29) is 11.3 Å². The number of halogens is 1. The monoisotopic (exact) mass is 349 g/mol. The molecule has 0 fully saturated rings. The summed E-state index contributed by atoms with van der Waals surface area (Å²) in [5.74, 6) is -0.530. The zero-order valence-electron chi connectivity index (χ0n) is 11.4. The number of aromatic nitrogens is 1. The lowest BCUT2D eigenvalue weighted by Crippen LogP contribution is -2.15. The van der Waals surface area contributed by atoms with Crippen molar-refractivity contribution in [3.8, 4) is 0 Å². The summed E-state index contributed by atoms with van der Waals surface area (Å²) in [7, 11) is 0. The van der Waals surface area contributed by atoms with Gasteiger partial charge in [0.1, 0.15) is 10.2 Å². The third kappa shape index (κ3) is 3.43. The molecule has 1 aromatic heterocycles. The number of hydrogen-bond donors (Lipinski definition) is 1. The number of nitrogens with one attached hydrogen (secondary N) is 1. The fourth-order valence-corrected chi connectivity index (χ4v) is 2.24. The normalized spacial score (nSPS) is 10.2. The molecule has 0 spiro atoms. The van der Waals surface area contributed by atoms with E-state index in [4.69, 9.17) is 0 Å². The van der Waals surface area contributed by atoms with Gasteiger partial charge < -0.3 is 5.32 Å². The zero-order valence-corrected chi connectivity index (χ0v) is 13.0. The molecule has 0 aliphatic heterocycles. The second-order valence-electron chi connectivity index (χ2n) is 4.50. The van der Waals surface area contributed by atoms with E-state index in [1.54, 1.807) is 32.0 Å². The maximum absolute atomic E-state index is 12.3. The van der Waals surface area contributed by atoms with Gasteiger partial charge in [-0.15, -0.1) is 0 Å². The van der Waals surface area contributed by atoms with Gasteiger partial charge in [-0.2, -0.15) is 0 Å². The van der Waals surface area contributed by atoms with Crippen LogP contribution in [0.4, 0.5) is 11.4 Å². The number of anilines is 1. The predicted octanol–water partition coefficient (Wildman–Crippen LogP) is 3.62. The lowest BCUT2D eigenvalue weighted by atomic mass is 10.1. The Balaban J connectivity index is 2.36. The third-order valence-electron chi connectivity index (χ3n) is 2.89. The van der Waals surface area contributed by atoms with Gasteiger partial charge in [0.25, 0.3) is 11.6 Å². The summed E-state index contributed by atoms with van der Waals surface area (Å²) < 4.78 is 0.652. The van der Waals surface area contributed by atoms with Crippen LogP contribution in [-0.2, 0) is 0 Å². The molecule has 2 rings (SSSR count). The van der Waals surface area contributed by atoms with E-state index >= 15 is 0 Å². The SMILES string of the molecule is Cc1ccc([N+](=O)[O-])c(C(=O)Nc2ccc(Br)nc2C)c1. The van der Waals surface area contributed by atoms with Gasteiger partial charge in [-0.1, -0.05) is 6.07 Å². The van der Waals surface area contributed by atoms with Gasteiger partial charge in [-0.05, 0) is 53.5 Å². The number of rotatable bonds is 3. The minimum Gasteiger partial charge on any atom is -0.320 e. The van der Waals surface area contributed by atoms with Crippen LogP contribution < -0.4 is 5.32 Å². The van der Waals surface area contributed by atoms with Crippen molar-refractivity contribution >= 4 is 33.2 Å². The van der Waals surface area contributed by atoms with Crippen LogP contribution in [-0.4, -0.2) is 15.8 Å². The number of nitro groups is 1. The average molecular weight is 350 g/mol. The Morgan fingerprint density at radius 3 is 2.62 bits per heavy atom. The lowest BCUT2D eigenvalue weighted by molar-refractivity contribution is -0.385. The molecule has 6 nitrogen and oxygen atoms in total. The Labute approximate surface area is 129 Å². The second kappa shape index (κ2) is 6.01. The molecule has 0 bridgehead atoms. The van der Waals surface area contributed by atoms with Crippen LogP contribution in [0.15, 0.2) is 34.9 Å². The van der Waals surface area contributed by atoms with E-state index in [1.165, 1.54) is 12.1 Å². The topological polar surface area (TPSA) is 85.1 Å². The first-order valence-corrected chi connectivity index (χ1v) is 6.87. The van der Waals surface area contributed by atoms with Gasteiger partial charge in [0.15, 0.2) is 0 Å². The van der Waals surface area contributed by atoms with E-state index in [2.05, 4.69) is 26.2 Å². The molecule has 7 heteroatoms. The van der Waals surface area contributed by atoms with E-state index in [1.807, 2.05) is 0 Å². The second-order valence-corrected chi connectivity index (χ2v) is 5.31. The molecule has 0 saturated carbocycles. The van der Waals surface area contributed by atoms with Crippen molar-refractivity contribution in [3.63, 3.8) is 0 Å². The summed E-state index contributed by atoms with van der Waals surface area (Å²) in [5, 5.41) is 13.7. The molecule has 1 N–H and O–H groups in total. The molecule has 2 aromatic rings. The first-order chi connectivity index (χ1) is 9.88. The molecule has 1 heterocycles. The van der Waals surface area contributed by atoms with Crippen LogP contribution in [0.1, 0.15) is 21.6 Å². The number of aryl methyl sites for hydroxylation is 2. The van der Waals surface area contributed by atoms with Crippen LogP contribution in [0.25, 0.3) is 0 Å². The molecule has 108 valence electrons. The highest BCUT2D eigenvalue weighted by atomic mass is 79.9. The number of amides is 1. The first kappa shape index (κ1) is 15.1. The minimum atomic E-state index is -0.568. The quantitative estimate of drug-likeness (QED) is 0.520. The van der Waals surface area contributed by atoms with Crippen molar-refractivity contribution in [1.29, 1.82) is 0 Å². The maximum atomic E-state index is 12.3. The third-order valence-corrected chi connectivity index (χ3v) is 3.34. The van der Waals surface area contributed by atoms with Crippen molar-refractivity contribution in [2.75, 3.05) is 5.32 Å². The number of pyridine rings is 1. The Bertz CT molecular complexity index is 731. The summed E-state index contributed by atoms with van der Waals surface area (Å²) in [6, 6.07) is 7.80. The average Bonchev–Trinajstić information content (AvgIpc) is 2.41. The summed E-state index contributed by atoms with van der Waals surface area (Å²) in [4.78, 5) is 26.9. The van der Waals surface area contributed by atoms with Crippen molar-refractivity contribution in [2.45, 2.75) is 13.8 Å². The summed E-state index contributed by atoms with van der Waals surface area (Å²) in [6.45, 7) is 3.51. The highest BCUT2D eigenvalue weighted by molar-refractivity contribution is 9.10. The van der Waals surface area contributed by atoms with Crippen molar-refractivity contribution in [3.05, 3.63) is 61.9 Å². The maximum Gasteiger partial charge on any atom is 0.282 e. The largest absolute Gasteiger partial charge is 0.320 e. The standard InChI is InChI=1S/C14H12BrN3O3/c1-8-3-5-12(18(20)21)10(7-8)14(19)17-11-4-6-13(15)16-9(11)2/h3-7H,1-2H3,(H,17,19). The van der Waals surface area contributed by atoms with E-state index in [0.29, 0.717) is 16.0 Å². The highest BCUT2D eigenvalue weighted by Gasteiger charge is 2.20. The molecule has 1 amide bonds. The van der Waals surface area contributed by atoms with Crippen LogP contribution >= 0.6 is 15.9 Å². The molecule has 0 atom stereocenters. The zero-order chi connectivity index (χ0) is 15.6. The Kier molecular flexibility index (Phi) is 4.32.